The minimum atomic E-state index is -0.431. The van der Waals surface area contributed by atoms with E-state index >= 15 is 0 Å². The molecule has 1 aromatic heterocycles. The quantitative estimate of drug-likeness (QED) is 0.311. The molecule has 182 valence electrons. The van der Waals surface area contributed by atoms with Crippen molar-refractivity contribution in [1.29, 1.82) is 0 Å². The molecule has 0 fully saturated rings. The number of nitrogens with one attached hydrogen (secondary N) is 1. The first-order valence-corrected chi connectivity index (χ1v) is 11.5. The van der Waals surface area contributed by atoms with E-state index in [1.54, 1.807) is 60.2 Å². The highest BCUT2D eigenvalue weighted by atomic mass is 17.2. The van der Waals surface area contributed by atoms with E-state index in [2.05, 4.69) is 5.32 Å². The Kier molecular flexibility index (Phi) is 6.26. The van der Waals surface area contributed by atoms with Gasteiger partial charge in [-0.1, -0.05) is 31.2 Å². The lowest BCUT2D eigenvalue weighted by atomic mass is 10.00. The Bertz CT molecular complexity index is 1520. The van der Waals surface area contributed by atoms with Gasteiger partial charge in [-0.2, -0.15) is 4.89 Å². The number of hydrogen-bond donors (Lipinski definition) is 1. The average molecular weight is 485 g/mol. The fourth-order valence-corrected chi connectivity index (χ4v) is 4.18. The van der Waals surface area contributed by atoms with E-state index in [1.807, 2.05) is 19.1 Å². The van der Waals surface area contributed by atoms with Crippen molar-refractivity contribution >= 4 is 28.3 Å². The molecule has 3 aromatic carbocycles. The number of carbonyl (C=O) groups is 2. The van der Waals surface area contributed by atoms with Gasteiger partial charge in [-0.15, -0.1) is 0 Å². The molecule has 1 aliphatic heterocycles. The molecule has 0 saturated heterocycles. The largest absolute Gasteiger partial charge is 0.497 e. The van der Waals surface area contributed by atoms with Crippen LogP contribution in [0.15, 0.2) is 71.7 Å². The van der Waals surface area contributed by atoms with Gasteiger partial charge in [0.1, 0.15) is 18.9 Å². The number of fused-ring (bicyclic) bond motifs is 2. The summed E-state index contributed by atoms with van der Waals surface area (Å²) in [5.41, 5.74) is 2.89. The minimum Gasteiger partial charge on any atom is -0.497 e. The predicted molar refractivity (Wildman–Crippen MR) is 135 cm³/mol. The molecule has 0 saturated carbocycles. The molecule has 8 nitrogen and oxygen atoms in total. The SMILES string of the molecule is CCc1ccc(C(=O)c2cn(CC(=O)Nc3ccc(OC)cc3)c3cc4c(cc3c2=O)OOC4)cc1. The Hall–Kier alpha value is -4.43. The number of aryl methyl sites for hydroxylation is 1. The Balaban J connectivity index is 1.55. The number of hydrogen-bond acceptors (Lipinski definition) is 6. The lowest BCUT2D eigenvalue weighted by Crippen LogP contribution is -2.24. The molecule has 1 aliphatic rings. The van der Waals surface area contributed by atoms with Crippen molar-refractivity contribution in [3.63, 3.8) is 0 Å². The van der Waals surface area contributed by atoms with Crippen LogP contribution in [0.1, 0.15) is 34.0 Å². The maximum Gasteiger partial charge on any atom is 0.244 e. The third-order valence-corrected chi connectivity index (χ3v) is 6.18. The molecule has 0 spiro atoms. The van der Waals surface area contributed by atoms with E-state index in [1.165, 1.54) is 6.20 Å². The van der Waals surface area contributed by atoms with Crippen LogP contribution in [0.3, 0.4) is 0 Å². The Labute approximate surface area is 207 Å². The Morgan fingerprint density at radius 2 is 1.81 bits per heavy atom. The summed E-state index contributed by atoms with van der Waals surface area (Å²) in [5, 5.41) is 3.11. The van der Waals surface area contributed by atoms with Crippen molar-refractivity contribution in [2.45, 2.75) is 26.5 Å². The number of ether oxygens (including phenoxy) is 1. The van der Waals surface area contributed by atoms with E-state index < -0.39 is 11.2 Å². The normalized spacial score (nSPS) is 12.2. The fourth-order valence-electron chi connectivity index (χ4n) is 4.18. The highest BCUT2D eigenvalue weighted by Gasteiger charge is 2.22. The molecule has 0 unspecified atom stereocenters. The first kappa shape index (κ1) is 23.3. The summed E-state index contributed by atoms with van der Waals surface area (Å²) >= 11 is 0. The van der Waals surface area contributed by atoms with Crippen molar-refractivity contribution in [3.8, 4) is 11.5 Å². The van der Waals surface area contributed by atoms with Crippen molar-refractivity contribution in [2.24, 2.45) is 0 Å². The molecular formula is C28H24N2O6. The van der Waals surface area contributed by atoms with E-state index in [0.29, 0.717) is 28.3 Å². The molecule has 0 bridgehead atoms. The van der Waals surface area contributed by atoms with E-state index in [4.69, 9.17) is 14.5 Å². The summed E-state index contributed by atoms with van der Waals surface area (Å²) < 4.78 is 6.76. The van der Waals surface area contributed by atoms with Crippen molar-refractivity contribution in [2.75, 3.05) is 12.4 Å². The van der Waals surface area contributed by atoms with Crippen LogP contribution in [0.25, 0.3) is 10.9 Å². The summed E-state index contributed by atoms with van der Waals surface area (Å²) in [5.74, 6) is 0.369. The van der Waals surface area contributed by atoms with Crippen LogP contribution >= 0.6 is 0 Å². The minimum absolute atomic E-state index is 0.0251. The maximum atomic E-state index is 13.4. The van der Waals surface area contributed by atoms with Gasteiger partial charge in [0, 0.05) is 23.0 Å². The number of anilines is 1. The maximum absolute atomic E-state index is 13.4. The van der Waals surface area contributed by atoms with Gasteiger partial charge in [0.15, 0.2) is 11.5 Å². The van der Waals surface area contributed by atoms with Gasteiger partial charge in [0.25, 0.3) is 0 Å². The van der Waals surface area contributed by atoms with Crippen molar-refractivity contribution in [1.82, 2.24) is 4.57 Å². The zero-order valence-electron chi connectivity index (χ0n) is 19.9. The van der Waals surface area contributed by atoms with Gasteiger partial charge in [-0.3, -0.25) is 14.4 Å². The topological polar surface area (TPSA) is 95.9 Å². The highest BCUT2D eigenvalue weighted by Crippen LogP contribution is 2.30. The fraction of sp³-hybridized carbons (Fsp3) is 0.179. The number of nitrogens with zero attached hydrogens (tertiary/aromatic N) is 1. The molecule has 1 amide bonds. The summed E-state index contributed by atoms with van der Waals surface area (Å²) in [6.45, 7) is 2.14. The van der Waals surface area contributed by atoms with E-state index in [-0.39, 0.29) is 30.0 Å². The van der Waals surface area contributed by atoms with Crippen LogP contribution in [-0.4, -0.2) is 23.4 Å². The number of amides is 1. The molecule has 4 aromatic rings. The summed E-state index contributed by atoms with van der Waals surface area (Å²) in [6.07, 6.45) is 2.30. The zero-order chi connectivity index (χ0) is 25.2. The number of ketones is 1. The number of aromatic nitrogens is 1. The molecular weight excluding hydrogens is 460 g/mol. The van der Waals surface area contributed by atoms with Crippen LogP contribution in [-0.2, 0) is 29.3 Å². The van der Waals surface area contributed by atoms with Crippen molar-refractivity contribution in [3.05, 3.63) is 99.3 Å². The lowest BCUT2D eigenvalue weighted by molar-refractivity contribution is -0.194. The number of benzene rings is 3. The Morgan fingerprint density at radius 3 is 2.50 bits per heavy atom. The van der Waals surface area contributed by atoms with Gasteiger partial charge in [-0.25, -0.2) is 0 Å². The van der Waals surface area contributed by atoms with E-state index in [9.17, 15) is 14.4 Å². The summed E-state index contributed by atoms with van der Waals surface area (Å²) in [7, 11) is 1.57. The molecule has 0 radical (unpaired) electrons. The molecule has 5 rings (SSSR count). The number of methoxy groups -OCH3 is 1. The molecule has 1 N–H and O–H groups in total. The van der Waals surface area contributed by atoms with Crippen molar-refractivity contribution < 1.29 is 24.1 Å². The van der Waals surface area contributed by atoms with Crippen LogP contribution in [0.5, 0.6) is 11.5 Å². The van der Waals surface area contributed by atoms with Gasteiger partial charge >= 0.3 is 0 Å². The summed E-state index contributed by atoms with van der Waals surface area (Å²) in [4.78, 5) is 49.9. The molecule has 0 atom stereocenters. The van der Waals surface area contributed by atoms with Gasteiger partial charge in [0.05, 0.1) is 23.6 Å². The second-order valence-corrected chi connectivity index (χ2v) is 8.48. The first-order chi connectivity index (χ1) is 17.5. The molecule has 2 heterocycles. The van der Waals surface area contributed by atoms with Crippen LogP contribution in [0.2, 0.25) is 0 Å². The van der Waals surface area contributed by atoms with Crippen LogP contribution in [0.4, 0.5) is 5.69 Å². The number of carbonyl (C=O) groups excluding carboxylic acids is 2. The smallest absolute Gasteiger partial charge is 0.244 e. The standard InChI is InChI=1S/C28H24N2O6/c1-3-17-4-6-18(7-5-17)27(32)23-14-30(15-26(31)29-20-8-10-21(34-2)11-9-20)24-12-19-16-35-36-25(19)13-22(24)28(23)33/h4-14H,3,15-16H2,1-2H3,(H,29,31). The highest BCUT2D eigenvalue weighted by molar-refractivity contribution is 6.10. The lowest BCUT2D eigenvalue weighted by Gasteiger charge is -2.14. The number of pyridine rings is 1. The molecule has 8 heteroatoms. The van der Waals surface area contributed by atoms with Crippen LogP contribution in [0, 0.1) is 0 Å². The predicted octanol–water partition coefficient (Wildman–Crippen LogP) is 4.27. The van der Waals surface area contributed by atoms with Gasteiger partial charge < -0.3 is 19.5 Å². The Morgan fingerprint density at radius 1 is 1.06 bits per heavy atom. The zero-order valence-corrected chi connectivity index (χ0v) is 19.9. The van der Waals surface area contributed by atoms with Gasteiger partial charge in [-0.05, 0) is 48.4 Å². The second kappa shape index (κ2) is 9.67. The summed E-state index contributed by atoms with van der Waals surface area (Å²) in [6, 6.07) is 17.4. The second-order valence-electron chi connectivity index (χ2n) is 8.48. The third kappa shape index (κ3) is 4.46. The average Bonchev–Trinajstić information content (AvgIpc) is 3.37. The third-order valence-electron chi connectivity index (χ3n) is 6.18. The van der Waals surface area contributed by atoms with Gasteiger partial charge in [0.2, 0.25) is 11.3 Å². The van der Waals surface area contributed by atoms with E-state index in [0.717, 1.165) is 17.5 Å². The molecule has 36 heavy (non-hydrogen) atoms. The molecule has 0 aliphatic carbocycles. The first-order valence-electron chi connectivity index (χ1n) is 11.5. The van der Waals surface area contributed by atoms with Crippen LogP contribution < -0.4 is 20.4 Å². The number of rotatable bonds is 7. The monoisotopic (exact) mass is 484 g/mol.